The number of fused-ring (bicyclic) bond motifs is 4. The van der Waals surface area contributed by atoms with Crippen LogP contribution in [-0.2, 0) is 20.2 Å². The highest BCUT2D eigenvalue weighted by atomic mass is 32.2. The molecule has 1 unspecified atom stereocenters. The number of sulfonamides is 1. The maximum Gasteiger partial charge on any atom is 0.238 e. The molecule has 3 aromatic rings. The highest BCUT2D eigenvalue weighted by Crippen LogP contribution is 2.58. The van der Waals surface area contributed by atoms with Gasteiger partial charge in [0.25, 0.3) is 0 Å². The summed E-state index contributed by atoms with van der Waals surface area (Å²) < 4.78 is 34.7. The molecule has 39 heavy (non-hydrogen) atoms. The molecule has 2 saturated carbocycles. The van der Waals surface area contributed by atoms with E-state index in [0.717, 1.165) is 72.1 Å². The van der Waals surface area contributed by atoms with Crippen LogP contribution in [0.4, 0.5) is 11.4 Å². The molecule has 4 heterocycles. The van der Waals surface area contributed by atoms with E-state index in [2.05, 4.69) is 32.7 Å². The fourth-order valence-electron chi connectivity index (χ4n) is 6.26. The first-order chi connectivity index (χ1) is 18.7. The number of rotatable bonds is 7. The number of hydrogen-bond acceptors (Lipinski definition) is 7. The van der Waals surface area contributed by atoms with Crippen molar-refractivity contribution in [1.29, 1.82) is 0 Å². The van der Waals surface area contributed by atoms with Crippen molar-refractivity contribution < 1.29 is 17.9 Å². The van der Waals surface area contributed by atoms with Crippen molar-refractivity contribution in [2.24, 2.45) is 5.92 Å². The molecule has 10 heteroatoms. The predicted octanol–water partition coefficient (Wildman–Crippen LogP) is 3.93. The maximum absolute atomic E-state index is 13.0. The normalized spacial score (nSPS) is 22.4. The van der Waals surface area contributed by atoms with E-state index in [1.807, 2.05) is 25.2 Å². The van der Waals surface area contributed by atoms with Gasteiger partial charge in [0.2, 0.25) is 21.8 Å². The van der Waals surface area contributed by atoms with E-state index < -0.39 is 15.4 Å². The van der Waals surface area contributed by atoms with Gasteiger partial charge in [-0.1, -0.05) is 6.07 Å². The number of ether oxygens (including phenoxy) is 1. The van der Waals surface area contributed by atoms with E-state index >= 15 is 0 Å². The summed E-state index contributed by atoms with van der Waals surface area (Å²) in [6.45, 7) is 2.54. The minimum Gasteiger partial charge on any atom is -0.476 e. The molecule has 1 atom stereocenters. The number of anilines is 2. The van der Waals surface area contributed by atoms with Gasteiger partial charge < -0.3 is 14.5 Å². The molecule has 204 valence electrons. The average Bonchev–Trinajstić information content (AvgIpc) is 3.84. The van der Waals surface area contributed by atoms with Gasteiger partial charge in [-0.3, -0.25) is 14.5 Å². The number of amides is 1. The van der Waals surface area contributed by atoms with Crippen LogP contribution in [0.25, 0.3) is 22.0 Å². The van der Waals surface area contributed by atoms with Crippen LogP contribution in [0.3, 0.4) is 0 Å². The molecule has 2 aliphatic heterocycles. The Bertz CT molecular complexity index is 1600. The predicted molar refractivity (Wildman–Crippen MR) is 151 cm³/mol. The molecule has 1 N–H and O–H groups in total. The Balaban J connectivity index is 1.25. The molecule has 2 aliphatic carbocycles. The lowest BCUT2D eigenvalue weighted by molar-refractivity contribution is -0.119. The Morgan fingerprint density at radius 1 is 1.08 bits per heavy atom. The first-order valence-electron chi connectivity index (χ1n) is 13.8. The number of nitrogens with one attached hydrogen (secondary N) is 1. The zero-order valence-electron chi connectivity index (χ0n) is 22.3. The number of hydrogen-bond donors (Lipinski definition) is 1. The van der Waals surface area contributed by atoms with Gasteiger partial charge in [-0.25, -0.2) is 13.4 Å². The van der Waals surface area contributed by atoms with Crippen molar-refractivity contribution in [2.75, 3.05) is 43.4 Å². The van der Waals surface area contributed by atoms with Crippen LogP contribution >= 0.6 is 0 Å². The lowest BCUT2D eigenvalue weighted by atomic mass is 9.92. The SMILES string of the molecule is CN1CCCC(COc2ncc(-c3ccc4ncc5c(c4c3)C3(CC3)C(=O)N5C)cc2NS(=O)(=O)C2CC2)C1. The average molecular weight is 548 g/mol. The quantitative estimate of drug-likeness (QED) is 0.478. The number of likely N-dealkylation sites (tertiary alicyclic amines) is 1. The second-order valence-corrected chi connectivity index (χ2v) is 13.7. The number of carbonyl (C=O) groups excluding carboxylic acids is 1. The van der Waals surface area contributed by atoms with Crippen LogP contribution in [0.1, 0.15) is 44.1 Å². The minimum absolute atomic E-state index is 0.140. The molecule has 7 rings (SSSR count). The third kappa shape index (κ3) is 4.24. The second-order valence-electron chi connectivity index (χ2n) is 11.7. The minimum atomic E-state index is -3.51. The lowest BCUT2D eigenvalue weighted by Gasteiger charge is -2.29. The number of benzene rings is 1. The molecule has 1 aromatic carbocycles. The van der Waals surface area contributed by atoms with Crippen molar-refractivity contribution in [3.05, 3.63) is 42.2 Å². The van der Waals surface area contributed by atoms with Gasteiger partial charge in [0.05, 0.1) is 34.7 Å². The Labute approximate surface area is 228 Å². The van der Waals surface area contributed by atoms with Crippen LogP contribution < -0.4 is 14.4 Å². The van der Waals surface area contributed by atoms with E-state index in [1.165, 1.54) is 0 Å². The molecule has 0 bridgehead atoms. The van der Waals surface area contributed by atoms with E-state index in [4.69, 9.17) is 4.74 Å². The molecular formula is C29H33N5O4S. The van der Waals surface area contributed by atoms with E-state index in [9.17, 15) is 13.2 Å². The fraction of sp³-hybridized carbons (Fsp3) is 0.483. The van der Waals surface area contributed by atoms with Gasteiger partial charge in [-0.2, -0.15) is 0 Å². The molecule has 4 aliphatic rings. The number of piperidine rings is 1. The summed E-state index contributed by atoms with van der Waals surface area (Å²) in [5.74, 6) is 0.828. The highest BCUT2D eigenvalue weighted by molar-refractivity contribution is 7.93. The Kier molecular flexibility index (Phi) is 5.65. The van der Waals surface area contributed by atoms with Gasteiger partial charge in [-0.05, 0) is 75.9 Å². The third-order valence-corrected chi connectivity index (χ3v) is 10.6. The summed E-state index contributed by atoms with van der Waals surface area (Å²) in [6.07, 6.45) is 8.79. The third-order valence-electron chi connectivity index (χ3n) is 8.73. The second kappa shape index (κ2) is 8.89. The molecular weight excluding hydrogens is 514 g/mol. The summed E-state index contributed by atoms with van der Waals surface area (Å²) in [5, 5.41) is 0.599. The number of carbonyl (C=O) groups is 1. The van der Waals surface area contributed by atoms with E-state index in [1.54, 1.807) is 17.3 Å². The molecule has 1 spiro atoms. The van der Waals surface area contributed by atoms with Gasteiger partial charge in [0.1, 0.15) is 5.69 Å². The van der Waals surface area contributed by atoms with Crippen molar-refractivity contribution in [1.82, 2.24) is 14.9 Å². The van der Waals surface area contributed by atoms with Crippen LogP contribution in [0.5, 0.6) is 5.88 Å². The highest BCUT2D eigenvalue weighted by Gasteiger charge is 2.59. The first-order valence-corrected chi connectivity index (χ1v) is 15.3. The molecule has 9 nitrogen and oxygen atoms in total. The Hall–Kier alpha value is -3.24. The smallest absolute Gasteiger partial charge is 0.238 e. The number of nitrogens with zero attached hydrogens (tertiary/aromatic N) is 4. The van der Waals surface area contributed by atoms with Crippen molar-refractivity contribution in [3.63, 3.8) is 0 Å². The molecule has 1 amide bonds. The fourth-order valence-corrected chi connectivity index (χ4v) is 7.64. The van der Waals surface area contributed by atoms with Gasteiger partial charge in [0.15, 0.2) is 0 Å². The van der Waals surface area contributed by atoms with Crippen LogP contribution in [0.2, 0.25) is 0 Å². The monoisotopic (exact) mass is 547 g/mol. The van der Waals surface area contributed by atoms with Gasteiger partial charge >= 0.3 is 0 Å². The molecule has 0 radical (unpaired) electrons. The summed E-state index contributed by atoms with van der Waals surface area (Å²) in [7, 11) is 0.423. The van der Waals surface area contributed by atoms with Crippen molar-refractivity contribution in [3.8, 4) is 17.0 Å². The summed E-state index contributed by atoms with van der Waals surface area (Å²) in [6, 6.07) is 7.80. The number of aromatic nitrogens is 2. The molecule has 3 fully saturated rings. The van der Waals surface area contributed by atoms with Gasteiger partial charge in [0, 0.05) is 42.2 Å². The first kappa shape index (κ1) is 24.8. The Morgan fingerprint density at radius 3 is 2.64 bits per heavy atom. The van der Waals surface area contributed by atoms with E-state index in [-0.39, 0.29) is 11.2 Å². The van der Waals surface area contributed by atoms with Gasteiger partial charge in [-0.15, -0.1) is 0 Å². The Morgan fingerprint density at radius 2 is 1.90 bits per heavy atom. The zero-order chi connectivity index (χ0) is 26.9. The number of pyridine rings is 2. The van der Waals surface area contributed by atoms with E-state index in [0.29, 0.717) is 36.9 Å². The summed E-state index contributed by atoms with van der Waals surface area (Å²) in [4.78, 5) is 26.3. The standard InChI is InChI=1S/C29H33N5O4S/c1-33-11-3-4-18(16-33)17-38-27-24(32-39(36,37)21-6-7-21)13-20(14-31-27)19-5-8-23-22(12-19)26-25(15-30-23)34(2)28(35)29(26)9-10-29/h5,8,12-15,18,21,32H,3-4,6-7,9-11,16-17H2,1-2H3. The summed E-state index contributed by atoms with van der Waals surface area (Å²) >= 11 is 0. The topological polar surface area (TPSA) is 105 Å². The molecule has 1 saturated heterocycles. The van der Waals surface area contributed by atoms with Crippen molar-refractivity contribution in [2.45, 2.75) is 49.2 Å². The number of likely N-dealkylation sites (N-methyl/N-ethyl adjacent to an activating group) is 1. The zero-order valence-corrected chi connectivity index (χ0v) is 23.1. The lowest BCUT2D eigenvalue weighted by Crippen LogP contribution is -2.35. The maximum atomic E-state index is 13.0. The van der Waals surface area contributed by atoms with Crippen LogP contribution in [-0.4, -0.2) is 68.2 Å². The van der Waals surface area contributed by atoms with Crippen molar-refractivity contribution >= 4 is 38.2 Å². The largest absolute Gasteiger partial charge is 0.476 e. The molecule has 2 aromatic heterocycles. The van der Waals surface area contributed by atoms with Crippen LogP contribution in [0.15, 0.2) is 36.7 Å². The summed E-state index contributed by atoms with van der Waals surface area (Å²) in [5.41, 5.74) is 4.36. The van der Waals surface area contributed by atoms with Crippen LogP contribution in [0, 0.1) is 5.92 Å².